The van der Waals surface area contributed by atoms with E-state index in [-0.39, 0.29) is 38.6 Å². The third-order valence-electron chi connectivity index (χ3n) is 7.65. The number of hydrogen-bond donors (Lipinski definition) is 2. The number of nitrogens with two attached hydrogens (primary N) is 1. The molecule has 0 fully saturated rings. The lowest BCUT2D eigenvalue weighted by atomic mass is 10.1. The second-order valence-corrected chi connectivity index (χ2v) is 13.5. The topological polar surface area (TPSA) is 134 Å². The van der Waals surface area contributed by atoms with E-state index < -0.39 is 26.5 Å². The number of phosphoric ester groups is 1. The highest BCUT2D eigenvalue weighted by Crippen LogP contribution is 2.43. The highest BCUT2D eigenvalue weighted by atomic mass is 31.2. The highest BCUT2D eigenvalue weighted by molar-refractivity contribution is 7.47. The van der Waals surface area contributed by atoms with E-state index in [0.29, 0.717) is 6.42 Å². The maximum Gasteiger partial charge on any atom is 0.472 e. The van der Waals surface area contributed by atoms with Gasteiger partial charge in [-0.1, -0.05) is 129 Å². The number of esters is 2. The summed E-state index contributed by atoms with van der Waals surface area (Å²) in [5.41, 5.74) is 5.32. The Bertz CT molecular complexity index is 764. The van der Waals surface area contributed by atoms with Crippen LogP contribution < -0.4 is 5.73 Å². The molecule has 0 radical (unpaired) electrons. The Balaban J connectivity index is 4.23. The molecule has 0 spiro atoms. The molecule has 1 unspecified atom stereocenters. The molecule has 0 aromatic rings. The van der Waals surface area contributed by atoms with Gasteiger partial charge in [-0.25, -0.2) is 4.57 Å². The number of phosphoric acid groups is 1. The van der Waals surface area contributed by atoms with E-state index in [1.807, 2.05) is 0 Å². The fraction of sp³-hybridized carbons (Fsp3) is 0.886. The van der Waals surface area contributed by atoms with Crippen LogP contribution in [0.25, 0.3) is 0 Å². The van der Waals surface area contributed by atoms with Gasteiger partial charge >= 0.3 is 19.8 Å². The lowest BCUT2D eigenvalue weighted by molar-refractivity contribution is -0.161. The predicted octanol–water partition coefficient (Wildman–Crippen LogP) is 9.49. The number of hydrogen-bond acceptors (Lipinski definition) is 8. The lowest BCUT2D eigenvalue weighted by Gasteiger charge is -2.19. The van der Waals surface area contributed by atoms with Crippen LogP contribution in [0.4, 0.5) is 0 Å². The van der Waals surface area contributed by atoms with E-state index in [0.717, 1.165) is 51.4 Å². The zero-order valence-electron chi connectivity index (χ0n) is 28.9. The standard InChI is InChI=1S/C35H68NO8P/c1-3-5-7-9-11-13-15-16-17-18-20-21-23-25-27-34(37)41-31-33(32-43-45(39,40)42-30-29-36)44-35(38)28-26-24-22-19-14-12-10-8-6-4-2/h15-16,33H,3-14,17-32,36H2,1-2H3,(H,39,40)/b16-15+/t33-/m0/s1. The van der Waals surface area contributed by atoms with Crippen LogP contribution in [0.3, 0.4) is 0 Å². The van der Waals surface area contributed by atoms with Gasteiger partial charge in [-0.3, -0.25) is 18.6 Å². The summed E-state index contributed by atoms with van der Waals surface area (Å²) in [4.78, 5) is 34.6. The van der Waals surface area contributed by atoms with E-state index in [1.54, 1.807) is 0 Å². The molecule has 2 atom stereocenters. The Kier molecular flexibility index (Phi) is 31.8. The van der Waals surface area contributed by atoms with Crippen LogP contribution in [0.2, 0.25) is 0 Å². The van der Waals surface area contributed by atoms with Crippen molar-refractivity contribution in [1.29, 1.82) is 0 Å². The first kappa shape index (κ1) is 43.8. The van der Waals surface area contributed by atoms with Crippen molar-refractivity contribution in [3.63, 3.8) is 0 Å². The van der Waals surface area contributed by atoms with Crippen LogP contribution in [-0.2, 0) is 32.7 Å². The van der Waals surface area contributed by atoms with Gasteiger partial charge in [-0.15, -0.1) is 0 Å². The van der Waals surface area contributed by atoms with Crippen LogP contribution in [0.1, 0.15) is 168 Å². The molecular formula is C35H68NO8P. The first-order valence-electron chi connectivity index (χ1n) is 18.2. The van der Waals surface area contributed by atoms with Gasteiger partial charge in [-0.05, 0) is 38.5 Å². The first-order valence-corrected chi connectivity index (χ1v) is 19.7. The van der Waals surface area contributed by atoms with Crippen LogP contribution in [0, 0.1) is 0 Å². The lowest BCUT2D eigenvalue weighted by Crippen LogP contribution is -2.29. The molecular weight excluding hydrogens is 593 g/mol. The van der Waals surface area contributed by atoms with Crippen molar-refractivity contribution in [2.24, 2.45) is 5.73 Å². The average Bonchev–Trinajstić information content (AvgIpc) is 3.02. The summed E-state index contributed by atoms with van der Waals surface area (Å²) < 4.78 is 32.5. The molecule has 45 heavy (non-hydrogen) atoms. The maximum atomic E-state index is 12.4. The Morgan fingerprint density at radius 1 is 0.644 bits per heavy atom. The van der Waals surface area contributed by atoms with Crippen molar-refractivity contribution < 1.29 is 37.6 Å². The maximum absolute atomic E-state index is 12.4. The molecule has 9 nitrogen and oxygen atoms in total. The molecule has 266 valence electrons. The van der Waals surface area contributed by atoms with Gasteiger partial charge in [0.05, 0.1) is 13.2 Å². The number of carbonyl (C=O) groups excluding carboxylic acids is 2. The molecule has 0 aliphatic rings. The van der Waals surface area contributed by atoms with Crippen LogP contribution in [-0.4, -0.2) is 49.3 Å². The smallest absolute Gasteiger partial charge is 0.462 e. The Hall–Kier alpha value is -1.25. The minimum Gasteiger partial charge on any atom is -0.462 e. The van der Waals surface area contributed by atoms with E-state index in [9.17, 15) is 19.0 Å². The van der Waals surface area contributed by atoms with Crippen molar-refractivity contribution in [2.45, 2.75) is 174 Å². The van der Waals surface area contributed by atoms with Gasteiger partial charge in [-0.2, -0.15) is 0 Å². The van der Waals surface area contributed by atoms with Gasteiger partial charge in [0.25, 0.3) is 0 Å². The summed E-state index contributed by atoms with van der Waals surface area (Å²) in [6, 6.07) is 0. The van der Waals surface area contributed by atoms with Gasteiger partial charge in [0.1, 0.15) is 6.61 Å². The summed E-state index contributed by atoms with van der Waals surface area (Å²) in [7, 11) is -4.36. The molecule has 0 bridgehead atoms. The monoisotopic (exact) mass is 661 g/mol. The zero-order chi connectivity index (χ0) is 33.3. The van der Waals surface area contributed by atoms with E-state index in [1.165, 1.54) is 83.5 Å². The molecule has 0 amide bonds. The fourth-order valence-electron chi connectivity index (χ4n) is 4.92. The van der Waals surface area contributed by atoms with Crippen molar-refractivity contribution in [3.8, 4) is 0 Å². The molecule has 10 heteroatoms. The second-order valence-electron chi connectivity index (χ2n) is 12.1. The molecule has 0 aliphatic carbocycles. The number of allylic oxidation sites excluding steroid dienone is 2. The molecule has 0 aromatic heterocycles. The summed E-state index contributed by atoms with van der Waals surface area (Å²) in [6.07, 6.45) is 29.6. The first-order chi connectivity index (χ1) is 21.8. The van der Waals surface area contributed by atoms with E-state index in [4.69, 9.17) is 24.3 Å². The minimum atomic E-state index is -4.36. The van der Waals surface area contributed by atoms with Gasteiger partial charge in [0, 0.05) is 19.4 Å². The molecule has 0 rings (SSSR count). The number of unbranched alkanes of at least 4 members (excludes halogenated alkanes) is 19. The highest BCUT2D eigenvalue weighted by Gasteiger charge is 2.25. The summed E-state index contributed by atoms with van der Waals surface area (Å²) in [6.45, 7) is 3.69. The largest absolute Gasteiger partial charge is 0.472 e. The van der Waals surface area contributed by atoms with Gasteiger partial charge < -0.3 is 20.1 Å². The predicted molar refractivity (Wildman–Crippen MR) is 183 cm³/mol. The van der Waals surface area contributed by atoms with Crippen molar-refractivity contribution in [1.82, 2.24) is 0 Å². The van der Waals surface area contributed by atoms with Crippen molar-refractivity contribution >= 4 is 19.8 Å². The molecule has 0 saturated carbocycles. The minimum absolute atomic E-state index is 0.0547. The Labute approximate surface area is 275 Å². The summed E-state index contributed by atoms with van der Waals surface area (Å²) in [5, 5.41) is 0. The third kappa shape index (κ3) is 32.5. The zero-order valence-corrected chi connectivity index (χ0v) is 29.8. The second kappa shape index (κ2) is 32.7. The number of carbonyl (C=O) groups is 2. The van der Waals surface area contributed by atoms with E-state index in [2.05, 4.69) is 26.0 Å². The average molecular weight is 662 g/mol. The Morgan fingerprint density at radius 2 is 1.09 bits per heavy atom. The van der Waals surface area contributed by atoms with Crippen LogP contribution in [0.5, 0.6) is 0 Å². The molecule has 0 saturated heterocycles. The molecule has 3 N–H and O–H groups in total. The van der Waals surface area contributed by atoms with Crippen LogP contribution >= 0.6 is 7.82 Å². The summed E-state index contributed by atoms with van der Waals surface area (Å²) >= 11 is 0. The van der Waals surface area contributed by atoms with Crippen molar-refractivity contribution in [3.05, 3.63) is 12.2 Å². The SMILES string of the molecule is CCCCCCC/C=C/CCCCCCCC(=O)OC[C@@H](COP(=O)(O)OCCN)OC(=O)CCCCCCCCCCCC. The Morgan fingerprint density at radius 3 is 1.58 bits per heavy atom. The number of rotatable bonds is 34. The van der Waals surface area contributed by atoms with Crippen molar-refractivity contribution in [2.75, 3.05) is 26.4 Å². The molecule has 0 aliphatic heterocycles. The van der Waals surface area contributed by atoms with Gasteiger partial charge in [0.15, 0.2) is 6.10 Å². The fourth-order valence-corrected chi connectivity index (χ4v) is 5.69. The van der Waals surface area contributed by atoms with E-state index >= 15 is 0 Å². The number of ether oxygens (including phenoxy) is 2. The van der Waals surface area contributed by atoms with Crippen LogP contribution in [0.15, 0.2) is 12.2 Å². The molecule has 0 heterocycles. The quantitative estimate of drug-likeness (QED) is 0.0299. The summed E-state index contributed by atoms with van der Waals surface area (Å²) in [5.74, 6) is -0.837. The normalized spacial score (nSPS) is 13.6. The van der Waals surface area contributed by atoms with Gasteiger partial charge in [0.2, 0.25) is 0 Å². The molecule has 0 aromatic carbocycles. The third-order valence-corrected chi connectivity index (χ3v) is 8.64.